The van der Waals surface area contributed by atoms with E-state index in [0.29, 0.717) is 37.4 Å². The molecule has 1 aromatic heterocycles. The molecular weight excluding hydrogens is 392 g/mol. The zero-order chi connectivity index (χ0) is 20.4. The quantitative estimate of drug-likeness (QED) is 0.710. The molecule has 0 bridgehead atoms. The molecule has 0 spiro atoms. The van der Waals surface area contributed by atoms with Crippen LogP contribution in [0.1, 0.15) is 25.1 Å². The van der Waals surface area contributed by atoms with Crippen LogP contribution in [-0.2, 0) is 27.8 Å². The maximum atomic E-state index is 13.1. The van der Waals surface area contributed by atoms with Crippen LogP contribution in [0.15, 0.2) is 35.4 Å². The van der Waals surface area contributed by atoms with Crippen LogP contribution in [-0.4, -0.2) is 55.6 Å². The molecule has 0 radical (unpaired) electrons. The monoisotopic (exact) mass is 418 g/mol. The number of rotatable bonds is 6. The summed E-state index contributed by atoms with van der Waals surface area (Å²) < 4.78 is 38.6. The normalized spacial score (nSPS) is 17.6. The van der Waals surface area contributed by atoms with Gasteiger partial charge < -0.3 is 14.4 Å². The fourth-order valence-corrected chi connectivity index (χ4v) is 4.70. The minimum atomic E-state index is -3.62. The summed E-state index contributed by atoms with van der Waals surface area (Å²) in [5.41, 5.74) is 1.62. The number of ether oxygens (including phenoxy) is 2. The van der Waals surface area contributed by atoms with Crippen molar-refractivity contribution >= 4 is 16.0 Å². The van der Waals surface area contributed by atoms with E-state index in [0.717, 1.165) is 24.3 Å². The van der Waals surface area contributed by atoms with Crippen LogP contribution in [0.4, 0.5) is 5.95 Å². The third-order valence-corrected chi connectivity index (χ3v) is 6.76. The van der Waals surface area contributed by atoms with Gasteiger partial charge in [0, 0.05) is 31.4 Å². The second kappa shape index (κ2) is 8.25. The van der Waals surface area contributed by atoms with Crippen LogP contribution >= 0.6 is 0 Å². The van der Waals surface area contributed by atoms with Crippen LogP contribution in [0.5, 0.6) is 5.75 Å². The molecule has 0 aliphatic carbocycles. The predicted molar refractivity (Wildman–Crippen MR) is 108 cm³/mol. The summed E-state index contributed by atoms with van der Waals surface area (Å²) in [4.78, 5) is 11.4. The van der Waals surface area contributed by atoms with Crippen LogP contribution in [0, 0.1) is 5.92 Å². The molecule has 0 unspecified atom stereocenters. The van der Waals surface area contributed by atoms with Crippen molar-refractivity contribution in [3.05, 3.63) is 41.7 Å². The number of hydrogen-bond donors (Lipinski definition) is 0. The summed E-state index contributed by atoms with van der Waals surface area (Å²) in [6.45, 7) is 8.05. The number of aromatic nitrogens is 2. The number of fused-ring (bicyclic) bond motifs is 1. The number of nitrogens with zero attached hydrogens (tertiary/aromatic N) is 4. The fourth-order valence-electron chi connectivity index (χ4n) is 3.32. The number of sulfonamides is 1. The van der Waals surface area contributed by atoms with Crippen molar-refractivity contribution < 1.29 is 17.9 Å². The Kier molecular flexibility index (Phi) is 5.71. The fraction of sp³-hybridized carbons (Fsp3) is 0.500. The Labute approximate surface area is 171 Å². The van der Waals surface area contributed by atoms with Crippen molar-refractivity contribution in [3.8, 4) is 5.75 Å². The van der Waals surface area contributed by atoms with Gasteiger partial charge in [0.15, 0.2) is 0 Å². The van der Waals surface area contributed by atoms with Gasteiger partial charge >= 0.3 is 0 Å². The van der Waals surface area contributed by atoms with E-state index < -0.39 is 10.0 Å². The highest BCUT2D eigenvalue weighted by Gasteiger charge is 2.32. The number of morpholine rings is 1. The Bertz CT molecular complexity index is 957. The van der Waals surface area contributed by atoms with Gasteiger partial charge in [0.1, 0.15) is 5.75 Å². The summed E-state index contributed by atoms with van der Waals surface area (Å²) in [7, 11) is -3.62. The van der Waals surface area contributed by atoms with Gasteiger partial charge in [0.25, 0.3) is 0 Å². The Morgan fingerprint density at radius 1 is 1.14 bits per heavy atom. The smallest absolute Gasteiger partial charge is 0.243 e. The Morgan fingerprint density at radius 3 is 2.55 bits per heavy atom. The second-order valence-corrected chi connectivity index (χ2v) is 9.63. The van der Waals surface area contributed by atoms with E-state index in [1.54, 1.807) is 30.5 Å². The highest BCUT2D eigenvalue weighted by Crippen LogP contribution is 2.29. The molecule has 3 heterocycles. The lowest BCUT2D eigenvalue weighted by atomic mass is 10.2. The Hall–Kier alpha value is -2.23. The molecule has 0 amide bonds. The molecule has 2 aliphatic heterocycles. The Balaban J connectivity index is 1.47. The van der Waals surface area contributed by atoms with Crippen LogP contribution < -0.4 is 9.64 Å². The highest BCUT2D eigenvalue weighted by molar-refractivity contribution is 7.89. The molecule has 4 rings (SSSR count). The maximum Gasteiger partial charge on any atom is 0.243 e. The lowest BCUT2D eigenvalue weighted by Gasteiger charge is -2.26. The first-order valence-corrected chi connectivity index (χ1v) is 11.3. The molecule has 0 N–H and O–H groups in total. The SMILES string of the molecule is CC(C)COc1ccc(S(=O)(=O)N2Cc3cnc(N4CCOCC4)nc3C2)cc1. The maximum absolute atomic E-state index is 13.1. The van der Waals surface area contributed by atoms with E-state index in [1.165, 1.54) is 4.31 Å². The lowest BCUT2D eigenvalue weighted by Crippen LogP contribution is -2.37. The molecule has 1 saturated heterocycles. The van der Waals surface area contributed by atoms with Crippen molar-refractivity contribution in [1.82, 2.24) is 14.3 Å². The highest BCUT2D eigenvalue weighted by atomic mass is 32.2. The molecular formula is C20H26N4O4S. The first kappa shape index (κ1) is 20.1. The van der Waals surface area contributed by atoms with E-state index in [4.69, 9.17) is 9.47 Å². The average Bonchev–Trinajstić information content (AvgIpc) is 3.17. The summed E-state index contributed by atoms with van der Waals surface area (Å²) in [6.07, 6.45) is 1.74. The third-order valence-electron chi connectivity index (χ3n) is 4.95. The summed E-state index contributed by atoms with van der Waals surface area (Å²) in [6, 6.07) is 6.60. The third kappa shape index (κ3) is 4.36. The molecule has 9 heteroatoms. The number of hydrogen-bond acceptors (Lipinski definition) is 7. The van der Waals surface area contributed by atoms with Gasteiger partial charge in [-0.3, -0.25) is 0 Å². The average molecular weight is 419 g/mol. The van der Waals surface area contributed by atoms with E-state index >= 15 is 0 Å². The topological polar surface area (TPSA) is 84.9 Å². The first-order valence-electron chi connectivity index (χ1n) is 9.84. The Morgan fingerprint density at radius 2 is 1.86 bits per heavy atom. The van der Waals surface area contributed by atoms with Crippen molar-refractivity contribution in [1.29, 1.82) is 0 Å². The van der Waals surface area contributed by atoms with Gasteiger partial charge in [-0.2, -0.15) is 4.31 Å². The molecule has 1 aromatic carbocycles. The molecule has 0 saturated carbocycles. The zero-order valence-electron chi connectivity index (χ0n) is 16.7. The minimum absolute atomic E-state index is 0.253. The number of benzene rings is 1. The van der Waals surface area contributed by atoms with Gasteiger partial charge in [-0.15, -0.1) is 0 Å². The molecule has 2 aliphatic rings. The van der Waals surface area contributed by atoms with Crippen molar-refractivity contribution in [2.45, 2.75) is 31.8 Å². The van der Waals surface area contributed by atoms with Crippen molar-refractivity contribution in [2.75, 3.05) is 37.8 Å². The molecule has 0 atom stereocenters. The van der Waals surface area contributed by atoms with E-state index in [9.17, 15) is 8.42 Å². The largest absolute Gasteiger partial charge is 0.493 e. The van der Waals surface area contributed by atoms with E-state index in [-0.39, 0.29) is 18.0 Å². The molecule has 29 heavy (non-hydrogen) atoms. The van der Waals surface area contributed by atoms with Crippen LogP contribution in [0.2, 0.25) is 0 Å². The van der Waals surface area contributed by atoms with Gasteiger partial charge in [0.05, 0.1) is 37.0 Å². The standard InChI is InChI=1S/C20H26N4O4S/c1-15(2)14-28-17-3-5-18(6-4-17)29(25,26)24-12-16-11-21-20(22-19(16)13-24)23-7-9-27-10-8-23/h3-6,11,15H,7-10,12-14H2,1-2H3. The lowest BCUT2D eigenvalue weighted by molar-refractivity contribution is 0.122. The van der Waals surface area contributed by atoms with Crippen molar-refractivity contribution in [3.63, 3.8) is 0 Å². The van der Waals surface area contributed by atoms with Gasteiger partial charge in [-0.25, -0.2) is 18.4 Å². The predicted octanol–water partition coefficient (Wildman–Crippen LogP) is 2.05. The minimum Gasteiger partial charge on any atom is -0.493 e. The zero-order valence-corrected chi connectivity index (χ0v) is 17.6. The van der Waals surface area contributed by atoms with Gasteiger partial charge in [0.2, 0.25) is 16.0 Å². The van der Waals surface area contributed by atoms with Gasteiger partial charge in [-0.05, 0) is 30.2 Å². The van der Waals surface area contributed by atoms with E-state index in [1.807, 2.05) is 0 Å². The van der Waals surface area contributed by atoms with Crippen LogP contribution in [0.3, 0.4) is 0 Å². The first-order chi connectivity index (χ1) is 13.9. The second-order valence-electron chi connectivity index (χ2n) is 7.69. The molecule has 2 aromatic rings. The summed E-state index contributed by atoms with van der Waals surface area (Å²) in [5.74, 6) is 1.71. The number of anilines is 1. The molecule has 1 fully saturated rings. The molecule has 156 valence electrons. The van der Waals surface area contributed by atoms with Gasteiger partial charge in [-0.1, -0.05) is 13.8 Å². The summed E-state index contributed by atoms with van der Waals surface area (Å²) in [5, 5.41) is 0. The van der Waals surface area contributed by atoms with E-state index in [2.05, 4.69) is 28.7 Å². The van der Waals surface area contributed by atoms with Crippen LogP contribution in [0.25, 0.3) is 0 Å². The summed E-state index contributed by atoms with van der Waals surface area (Å²) >= 11 is 0. The molecule has 8 nitrogen and oxygen atoms in total. The van der Waals surface area contributed by atoms with Crippen molar-refractivity contribution in [2.24, 2.45) is 5.92 Å².